The molecule has 1 saturated heterocycles. The summed E-state index contributed by atoms with van der Waals surface area (Å²) in [5.41, 5.74) is 1.07. The Bertz CT molecular complexity index is 1240. The van der Waals surface area contributed by atoms with E-state index in [0.717, 1.165) is 12.8 Å². The number of oxazole rings is 1. The molecule has 1 aliphatic heterocycles. The molecule has 3 heterocycles. The molecule has 0 amide bonds. The summed E-state index contributed by atoms with van der Waals surface area (Å²) in [4.78, 5) is 23.7. The van der Waals surface area contributed by atoms with E-state index in [2.05, 4.69) is 15.0 Å². The van der Waals surface area contributed by atoms with Crippen LogP contribution in [-0.2, 0) is 10.0 Å². The van der Waals surface area contributed by atoms with Crippen molar-refractivity contribution in [2.45, 2.75) is 23.7 Å². The van der Waals surface area contributed by atoms with Crippen LogP contribution >= 0.6 is 0 Å². The third-order valence-electron chi connectivity index (χ3n) is 5.33. The lowest BCUT2D eigenvalue weighted by atomic mass is 10.2. The number of halogens is 1. The molecule has 9 nitrogen and oxygen atoms in total. The van der Waals surface area contributed by atoms with Gasteiger partial charge < -0.3 is 9.32 Å². The number of nitrogens with zero attached hydrogens (tertiary/aromatic N) is 4. The van der Waals surface area contributed by atoms with Gasteiger partial charge in [-0.1, -0.05) is 0 Å². The van der Waals surface area contributed by atoms with Crippen LogP contribution < -0.4 is 10.7 Å². The zero-order chi connectivity index (χ0) is 20.2. The van der Waals surface area contributed by atoms with Gasteiger partial charge in [-0.3, -0.25) is 4.98 Å². The molecule has 0 atom stereocenters. The molecule has 1 aromatic carbocycles. The molecule has 11 heteroatoms. The predicted molar refractivity (Wildman–Crippen MR) is 102 cm³/mol. The highest BCUT2D eigenvalue weighted by molar-refractivity contribution is 7.89. The molecule has 1 N–H and O–H groups in total. The minimum Gasteiger partial charge on any atom is -0.408 e. The Morgan fingerprint density at radius 3 is 2.62 bits per heavy atom. The molecule has 5 rings (SSSR count). The number of hydrogen-bond acceptors (Lipinski definition) is 7. The summed E-state index contributed by atoms with van der Waals surface area (Å²) >= 11 is 0. The Kier molecular flexibility index (Phi) is 4.17. The van der Waals surface area contributed by atoms with E-state index in [4.69, 9.17) is 4.42 Å². The van der Waals surface area contributed by atoms with Crippen LogP contribution in [-0.4, -0.2) is 53.9 Å². The number of anilines is 1. The number of piperazine rings is 1. The molecule has 0 radical (unpaired) electrons. The number of hydrogen-bond donors (Lipinski definition) is 1. The van der Waals surface area contributed by atoms with Crippen LogP contribution in [0.4, 0.5) is 10.2 Å². The standard InChI is InChI=1S/C18H18FN5O4S/c19-15-16(11-1-2-11)20-10-21-17(15)23-5-7-24(8-6-23)29(26,27)12-3-4-13-14(9-12)28-18(25)22-13/h3-4,9-11H,1-2,5-8H2,(H,22,25). The minimum absolute atomic E-state index is 0.0467. The number of nitrogens with one attached hydrogen (secondary N) is 1. The monoisotopic (exact) mass is 419 g/mol. The number of fused-ring (bicyclic) bond motifs is 1. The van der Waals surface area contributed by atoms with E-state index in [1.54, 1.807) is 4.90 Å². The Labute approximate surface area is 165 Å². The normalized spacial score (nSPS) is 18.4. The van der Waals surface area contributed by atoms with Gasteiger partial charge in [0.05, 0.1) is 16.1 Å². The van der Waals surface area contributed by atoms with Crippen molar-refractivity contribution >= 4 is 26.9 Å². The molecule has 3 aromatic rings. The number of aromatic amines is 1. The maximum absolute atomic E-state index is 14.8. The van der Waals surface area contributed by atoms with Crippen molar-refractivity contribution in [3.63, 3.8) is 0 Å². The van der Waals surface area contributed by atoms with Crippen LogP contribution in [0.5, 0.6) is 0 Å². The van der Waals surface area contributed by atoms with Gasteiger partial charge in [-0.2, -0.15) is 4.31 Å². The van der Waals surface area contributed by atoms with Gasteiger partial charge in [0, 0.05) is 38.2 Å². The van der Waals surface area contributed by atoms with Crippen LogP contribution in [0.3, 0.4) is 0 Å². The summed E-state index contributed by atoms with van der Waals surface area (Å²) in [6.45, 7) is 1.02. The second kappa shape index (κ2) is 6.63. The molecule has 152 valence electrons. The number of aromatic nitrogens is 3. The van der Waals surface area contributed by atoms with Crippen molar-refractivity contribution in [1.82, 2.24) is 19.3 Å². The van der Waals surface area contributed by atoms with E-state index in [0.29, 0.717) is 24.3 Å². The first-order valence-corrected chi connectivity index (χ1v) is 10.8. The largest absolute Gasteiger partial charge is 0.417 e. The molecule has 2 aromatic heterocycles. The average Bonchev–Trinajstić information content (AvgIpc) is 3.48. The van der Waals surface area contributed by atoms with Gasteiger partial charge in [0.2, 0.25) is 10.0 Å². The number of benzene rings is 1. The Balaban J connectivity index is 1.35. The molecule has 2 aliphatic rings. The van der Waals surface area contributed by atoms with Crippen LogP contribution in [0, 0.1) is 5.82 Å². The van der Waals surface area contributed by atoms with Gasteiger partial charge in [-0.15, -0.1) is 0 Å². The average molecular weight is 419 g/mol. The molecule has 0 unspecified atom stereocenters. The van der Waals surface area contributed by atoms with E-state index < -0.39 is 21.6 Å². The number of rotatable bonds is 4. The highest BCUT2D eigenvalue weighted by Gasteiger charge is 2.33. The van der Waals surface area contributed by atoms with Crippen molar-refractivity contribution in [2.24, 2.45) is 0 Å². The third kappa shape index (κ3) is 3.19. The third-order valence-corrected chi connectivity index (χ3v) is 7.23. The minimum atomic E-state index is -3.77. The fourth-order valence-corrected chi connectivity index (χ4v) is 5.05. The van der Waals surface area contributed by atoms with Gasteiger partial charge >= 0.3 is 5.76 Å². The van der Waals surface area contributed by atoms with Crippen molar-refractivity contribution in [2.75, 3.05) is 31.1 Å². The summed E-state index contributed by atoms with van der Waals surface area (Å²) in [7, 11) is -3.77. The summed E-state index contributed by atoms with van der Waals surface area (Å²) in [5, 5.41) is 0. The first-order valence-electron chi connectivity index (χ1n) is 9.32. The second-order valence-corrected chi connectivity index (χ2v) is 9.17. The molecule has 29 heavy (non-hydrogen) atoms. The van der Waals surface area contributed by atoms with Crippen molar-refractivity contribution in [3.8, 4) is 0 Å². The van der Waals surface area contributed by atoms with Crippen LogP contribution in [0.15, 0.2) is 38.6 Å². The van der Waals surface area contributed by atoms with E-state index in [1.165, 1.54) is 28.8 Å². The molecular weight excluding hydrogens is 401 g/mol. The van der Waals surface area contributed by atoms with E-state index in [9.17, 15) is 17.6 Å². The predicted octanol–water partition coefficient (Wildman–Crippen LogP) is 1.44. The van der Waals surface area contributed by atoms with E-state index in [-0.39, 0.29) is 35.3 Å². The van der Waals surface area contributed by atoms with Crippen LogP contribution in [0.2, 0.25) is 0 Å². The topological polar surface area (TPSA) is 112 Å². The van der Waals surface area contributed by atoms with Gasteiger partial charge in [-0.25, -0.2) is 27.6 Å². The maximum Gasteiger partial charge on any atom is 0.417 e. The summed E-state index contributed by atoms with van der Waals surface area (Å²) in [6, 6.07) is 4.27. The fraction of sp³-hybridized carbons (Fsp3) is 0.389. The van der Waals surface area contributed by atoms with Crippen molar-refractivity contribution in [1.29, 1.82) is 0 Å². The maximum atomic E-state index is 14.8. The second-order valence-electron chi connectivity index (χ2n) is 7.23. The number of sulfonamides is 1. The summed E-state index contributed by atoms with van der Waals surface area (Å²) in [6.07, 6.45) is 3.24. The summed E-state index contributed by atoms with van der Waals surface area (Å²) < 4.78 is 47.0. The smallest absolute Gasteiger partial charge is 0.408 e. The van der Waals surface area contributed by atoms with E-state index in [1.807, 2.05) is 0 Å². The van der Waals surface area contributed by atoms with Gasteiger partial charge in [0.15, 0.2) is 17.2 Å². The highest BCUT2D eigenvalue weighted by atomic mass is 32.2. The SMILES string of the molecule is O=c1[nH]c2ccc(S(=O)(=O)N3CCN(c4ncnc(C5CC5)c4F)CC3)cc2o1. The van der Waals surface area contributed by atoms with Gasteiger partial charge in [-0.05, 0) is 25.0 Å². The zero-order valence-corrected chi connectivity index (χ0v) is 16.2. The lowest BCUT2D eigenvalue weighted by Crippen LogP contribution is -2.49. The molecule has 1 aliphatic carbocycles. The van der Waals surface area contributed by atoms with Crippen molar-refractivity contribution in [3.05, 3.63) is 46.6 Å². The zero-order valence-electron chi connectivity index (χ0n) is 15.3. The van der Waals surface area contributed by atoms with Crippen molar-refractivity contribution < 1.29 is 17.2 Å². The van der Waals surface area contributed by atoms with Gasteiger partial charge in [0.25, 0.3) is 0 Å². The highest BCUT2D eigenvalue weighted by Crippen LogP contribution is 2.41. The van der Waals surface area contributed by atoms with Crippen LogP contribution in [0.1, 0.15) is 24.5 Å². The molecule has 0 bridgehead atoms. The Morgan fingerprint density at radius 1 is 1.14 bits per heavy atom. The lowest BCUT2D eigenvalue weighted by molar-refractivity contribution is 0.381. The molecular formula is C18H18FN5O4S. The molecule has 2 fully saturated rings. The first-order chi connectivity index (χ1) is 13.9. The summed E-state index contributed by atoms with van der Waals surface area (Å²) in [5.74, 6) is -0.642. The molecule has 1 saturated carbocycles. The Hall–Kier alpha value is -2.79. The first kappa shape index (κ1) is 18.3. The van der Waals surface area contributed by atoms with Crippen LogP contribution in [0.25, 0.3) is 11.1 Å². The molecule has 0 spiro atoms. The fourth-order valence-electron chi connectivity index (χ4n) is 3.61. The lowest BCUT2D eigenvalue weighted by Gasteiger charge is -2.34. The Morgan fingerprint density at radius 2 is 1.90 bits per heavy atom. The van der Waals surface area contributed by atoms with Gasteiger partial charge in [0.1, 0.15) is 6.33 Å². The van der Waals surface area contributed by atoms with E-state index >= 15 is 0 Å². The number of H-pyrrole nitrogens is 1. The quantitative estimate of drug-likeness (QED) is 0.681.